The topological polar surface area (TPSA) is 177 Å². The standard InChI is InChI=1S/C13H8O8S3.4CH3.2O.2Sb/c14-22(15)12-7-10(23(16,17)18)5-4-8(12)6-9-2-1-3-11(13(9)22)24(19,20)21;;;;;;;;/h1,3-7H,(H,16,17,18)(H,19,20,21);4*1H3;;;;. The molecule has 176 valence electrons. The third kappa shape index (κ3) is 4.42. The summed E-state index contributed by atoms with van der Waals surface area (Å²) < 4.78 is 119. The molecule has 1 atom stereocenters. The van der Waals surface area contributed by atoms with Crippen LogP contribution in [0.4, 0.5) is 0 Å². The Morgan fingerprint density at radius 2 is 1.44 bits per heavy atom. The molecule has 2 N–H and O–H groups in total. The Morgan fingerprint density at radius 3 is 1.88 bits per heavy atom. The van der Waals surface area contributed by atoms with Crippen LogP contribution in [-0.4, -0.2) is 71.9 Å². The van der Waals surface area contributed by atoms with Crippen LogP contribution in [0.25, 0.3) is 0 Å². The third-order valence-corrected chi connectivity index (χ3v) is 18.3. The van der Waals surface area contributed by atoms with E-state index in [1.165, 1.54) is 25.5 Å². The van der Waals surface area contributed by atoms with Crippen LogP contribution >= 0.6 is 0 Å². The molecule has 0 aliphatic carbocycles. The van der Waals surface area contributed by atoms with Crippen molar-refractivity contribution in [2.24, 2.45) is 0 Å². The number of benzene rings is 2. The molecule has 0 aromatic heterocycles. The van der Waals surface area contributed by atoms with Gasteiger partial charge in [-0.1, -0.05) is 0 Å². The number of rotatable bonds is 4. The fraction of sp³-hybridized carbons (Fsp3) is 0.294. The van der Waals surface area contributed by atoms with E-state index in [0.717, 1.165) is 18.2 Å². The predicted molar refractivity (Wildman–Crippen MR) is 116 cm³/mol. The van der Waals surface area contributed by atoms with Crippen LogP contribution in [0.1, 0.15) is 15.0 Å². The van der Waals surface area contributed by atoms with E-state index in [2.05, 4.69) is 0 Å². The first-order chi connectivity index (χ1) is 14.2. The van der Waals surface area contributed by atoms with Gasteiger partial charge < -0.3 is 0 Å². The van der Waals surface area contributed by atoms with Gasteiger partial charge in [0.15, 0.2) is 0 Å². The van der Waals surface area contributed by atoms with Gasteiger partial charge in [0, 0.05) is 0 Å². The average molecular weight is 724 g/mol. The Bertz CT molecular complexity index is 1580. The minimum atomic E-state index is -5.09. The quantitative estimate of drug-likeness (QED) is 0.347. The zero-order chi connectivity index (χ0) is 24.7. The van der Waals surface area contributed by atoms with E-state index in [0.29, 0.717) is 6.07 Å². The van der Waals surface area contributed by atoms with Gasteiger partial charge in [0.2, 0.25) is 0 Å². The molecule has 0 saturated heterocycles. The summed E-state index contributed by atoms with van der Waals surface area (Å²) >= 11 is -8.73. The number of fused-ring (bicyclic) bond motifs is 2. The van der Waals surface area contributed by atoms with Crippen molar-refractivity contribution in [3.8, 4) is 0 Å². The fourth-order valence-corrected chi connectivity index (χ4v) is 17.8. The van der Waals surface area contributed by atoms with Gasteiger partial charge in [-0.3, -0.25) is 0 Å². The first kappa shape index (κ1) is 26.1. The molecular weight excluding hydrogens is 704 g/mol. The molecule has 1 aliphatic rings. The Kier molecular flexibility index (Phi) is 6.29. The summed E-state index contributed by atoms with van der Waals surface area (Å²) in [6, 6.07) is 4.73. The number of hydrogen-bond donors (Lipinski definition) is 2. The van der Waals surface area contributed by atoms with Gasteiger partial charge in [0.25, 0.3) is 0 Å². The van der Waals surface area contributed by atoms with E-state index >= 15 is 0 Å². The summed E-state index contributed by atoms with van der Waals surface area (Å²) in [5, 5.41) is 0. The minimum absolute atomic E-state index is 0.0431. The maximum absolute atomic E-state index is 13.6. The molecule has 2 aromatic rings. The van der Waals surface area contributed by atoms with E-state index in [-0.39, 0.29) is 14.6 Å². The van der Waals surface area contributed by atoms with Crippen molar-refractivity contribution in [1.82, 2.24) is 0 Å². The van der Waals surface area contributed by atoms with Gasteiger partial charge in [-0.15, -0.1) is 0 Å². The SMILES string of the molecule is [CH3][Sb]([CH3])(=[O])[c]1ccc(S(=O)(=O)O)c2c1[CH]([Sb]([CH3])([CH3])=[O])c1ccc(S(=O)(=O)O)cc1S2(=O)=O. The summed E-state index contributed by atoms with van der Waals surface area (Å²) in [6.45, 7) is 0. The second-order valence-electron chi connectivity index (χ2n) is 8.17. The van der Waals surface area contributed by atoms with Gasteiger partial charge in [-0.05, 0) is 0 Å². The monoisotopic (exact) mass is 722 g/mol. The van der Waals surface area contributed by atoms with Crippen LogP contribution in [0.15, 0.2) is 49.9 Å². The molecule has 3 rings (SSSR count). The van der Waals surface area contributed by atoms with Crippen LogP contribution in [0.5, 0.6) is 0 Å². The van der Waals surface area contributed by atoms with E-state index in [1.54, 1.807) is 0 Å². The third-order valence-electron chi connectivity index (χ3n) is 5.03. The van der Waals surface area contributed by atoms with E-state index in [1.807, 2.05) is 0 Å². The van der Waals surface area contributed by atoms with Gasteiger partial charge in [0.05, 0.1) is 0 Å². The Labute approximate surface area is 194 Å². The Balaban J connectivity index is 2.69. The molecule has 0 amide bonds. The van der Waals surface area contributed by atoms with Crippen LogP contribution in [0.2, 0.25) is 19.5 Å². The molecule has 0 fully saturated rings. The summed E-state index contributed by atoms with van der Waals surface area (Å²) in [4.78, 5) is 2.44. The fourth-order valence-electron chi connectivity index (χ4n) is 3.83. The number of hydrogen-bond acceptors (Lipinski definition) is 8. The summed E-state index contributed by atoms with van der Waals surface area (Å²) in [5.41, 5.74) is -0.234. The van der Waals surface area contributed by atoms with Crippen molar-refractivity contribution in [2.75, 3.05) is 0 Å². The van der Waals surface area contributed by atoms with Gasteiger partial charge in [0.1, 0.15) is 0 Å². The predicted octanol–water partition coefficient (Wildman–Crippen LogP) is 1.48. The van der Waals surface area contributed by atoms with Gasteiger partial charge in [-0.2, -0.15) is 0 Å². The Morgan fingerprint density at radius 1 is 0.875 bits per heavy atom. The molecule has 1 heterocycles. The molecule has 0 radical (unpaired) electrons. The van der Waals surface area contributed by atoms with Crippen LogP contribution in [0, 0.1) is 0 Å². The Hall–Kier alpha value is -0.554. The molecule has 2 aromatic carbocycles. The van der Waals surface area contributed by atoms with Crippen LogP contribution < -0.4 is 3.51 Å². The molecule has 10 nitrogen and oxygen atoms in total. The molecule has 0 bridgehead atoms. The second kappa shape index (κ2) is 7.73. The van der Waals surface area contributed by atoms with Crippen molar-refractivity contribution in [3.05, 3.63) is 41.5 Å². The molecule has 0 saturated carbocycles. The summed E-state index contributed by atoms with van der Waals surface area (Å²) in [5.74, 6) is 0. The summed E-state index contributed by atoms with van der Waals surface area (Å²) in [6.07, 6.45) is 0. The van der Waals surface area contributed by atoms with E-state index in [4.69, 9.17) is 0 Å². The van der Waals surface area contributed by atoms with E-state index < -0.39 is 91.1 Å². The molecule has 1 aliphatic heterocycles. The van der Waals surface area contributed by atoms with Crippen molar-refractivity contribution in [3.63, 3.8) is 0 Å². The molecule has 1 unspecified atom stereocenters. The normalized spacial score (nSPS) is 18.6. The zero-order valence-electron chi connectivity index (χ0n) is 17.2. The zero-order valence-corrected chi connectivity index (χ0v) is 24.8. The molecule has 0 spiro atoms. The van der Waals surface area contributed by atoms with Gasteiger partial charge >= 0.3 is 196 Å². The first-order valence-corrected chi connectivity index (χ1v) is 28.2. The van der Waals surface area contributed by atoms with Crippen molar-refractivity contribution in [2.45, 2.75) is 42.9 Å². The molecular formula is C17H20O10S3Sb2. The van der Waals surface area contributed by atoms with Gasteiger partial charge in [-0.25, -0.2) is 0 Å². The average Bonchev–Trinajstić information content (AvgIpc) is 2.57. The van der Waals surface area contributed by atoms with Crippen molar-refractivity contribution >= 4 is 71.2 Å². The second-order valence-corrected chi connectivity index (χ2v) is 31.6. The van der Waals surface area contributed by atoms with E-state index in [9.17, 15) is 40.4 Å². The van der Waals surface area contributed by atoms with Crippen molar-refractivity contribution in [1.29, 1.82) is 0 Å². The van der Waals surface area contributed by atoms with Crippen LogP contribution in [-0.2, 0) is 36.1 Å². The summed E-state index contributed by atoms with van der Waals surface area (Å²) in [7, 11) is -14.7. The number of sulfone groups is 1. The van der Waals surface area contributed by atoms with Crippen molar-refractivity contribution < 1.29 is 40.4 Å². The molecule has 15 heteroatoms. The molecule has 32 heavy (non-hydrogen) atoms. The first-order valence-electron chi connectivity index (χ1n) is 8.79. The van der Waals surface area contributed by atoms with Crippen LogP contribution in [0.3, 0.4) is 0 Å². The maximum atomic E-state index is 13.6.